The molecule has 1 heterocycles. The van der Waals surface area contributed by atoms with Crippen molar-refractivity contribution in [2.75, 3.05) is 0 Å². The van der Waals surface area contributed by atoms with Crippen LogP contribution in [0.15, 0.2) is 267 Å². The predicted octanol–water partition coefficient (Wildman–Crippen LogP) is 17.1. The van der Waals surface area contributed by atoms with Gasteiger partial charge < -0.3 is 4.57 Å². The Labute approximate surface area is 444 Å². The van der Waals surface area contributed by atoms with Gasteiger partial charge in [-0.2, -0.15) is 0 Å². The molecule has 0 unspecified atom stereocenters. The van der Waals surface area contributed by atoms with E-state index in [9.17, 15) is 0 Å². The van der Waals surface area contributed by atoms with Crippen LogP contribution >= 0.6 is 7.14 Å². The van der Waals surface area contributed by atoms with Gasteiger partial charge in [0.05, 0.1) is 0 Å². The molecule has 76 heavy (non-hydrogen) atoms. The van der Waals surface area contributed by atoms with Crippen molar-refractivity contribution < 1.29 is 4.57 Å². The SMILES string of the molecule is O=P(c1ccccc1)(c1ccccc1)c1c2ccccc2c(-c2ccc(C3(c4ccc(-c5nc(-c6ccccc6)nc(-c6ccc(-c7ccc(-c8ccccc8)cc7)cc6)n5)cc4)CCCCC3)cc2)c2ccccc12. The Bertz CT molecular complexity index is 3950. The van der Waals surface area contributed by atoms with E-state index in [4.69, 9.17) is 15.0 Å². The van der Waals surface area contributed by atoms with E-state index in [2.05, 4.69) is 182 Å². The number of hydrogen-bond donors (Lipinski definition) is 0. The molecule has 1 aliphatic rings. The molecular weight excluding hydrogens is 942 g/mol. The monoisotopic (exact) mass is 995 g/mol. The molecule has 1 aliphatic carbocycles. The maximum absolute atomic E-state index is 16.2. The molecule has 0 spiro atoms. The van der Waals surface area contributed by atoms with Crippen molar-refractivity contribution in [3.8, 4) is 67.5 Å². The second-order valence-corrected chi connectivity index (χ2v) is 22.8. The van der Waals surface area contributed by atoms with Gasteiger partial charge >= 0.3 is 0 Å². The summed E-state index contributed by atoms with van der Waals surface area (Å²) >= 11 is 0. The lowest BCUT2D eigenvalue weighted by atomic mass is 9.65. The quantitative estimate of drug-likeness (QED) is 0.0957. The summed E-state index contributed by atoms with van der Waals surface area (Å²) in [6.45, 7) is 0. The van der Waals surface area contributed by atoms with Gasteiger partial charge in [-0.25, -0.2) is 15.0 Å². The van der Waals surface area contributed by atoms with Crippen LogP contribution in [-0.2, 0) is 9.98 Å². The highest BCUT2D eigenvalue weighted by Gasteiger charge is 2.37. The summed E-state index contributed by atoms with van der Waals surface area (Å²) in [6, 6.07) is 93.6. The highest BCUT2D eigenvalue weighted by atomic mass is 31.2. The smallest absolute Gasteiger partial charge is 0.172 e. The third-order valence-corrected chi connectivity index (χ3v) is 18.9. The molecule has 13 rings (SSSR count). The minimum absolute atomic E-state index is 0.148. The average molecular weight is 996 g/mol. The fourth-order valence-electron chi connectivity index (χ4n) is 11.9. The van der Waals surface area contributed by atoms with E-state index in [-0.39, 0.29) is 5.41 Å². The minimum atomic E-state index is -3.34. The number of aromatic nitrogens is 3. The second kappa shape index (κ2) is 20.1. The van der Waals surface area contributed by atoms with E-state index >= 15 is 4.57 Å². The summed E-state index contributed by atoms with van der Waals surface area (Å²) in [5.41, 5.74) is 12.3. The largest absolute Gasteiger partial charge is 0.309 e. The molecule has 1 fully saturated rings. The molecule has 0 bridgehead atoms. The van der Waals surface area contributed by atoms with Crippen LogP contribution in [0.3, 0.4) is 0 Å². The first-order valence-corrected chi connectivity index (χ1v) is 28.2. The van der Waals surface area contributed by atoms with Crippen LogP contribution in [0.2, 0.25) is 0 Å². The molecule has 0 amide bonds. The maximum Gasteiger partial charge on any atom is 0.172 e. The Hall–Kier alpha value is -8.82. The summed E-state index contributed by atoms with van der Waals surface area (Å²) in [5, 5.41) is 6.77. The van der Waals surface area contributed by atoms with Crippen molar-refractivity contribution in [2.24, 2.45) is 0 Å². The highest BCUT2D eigenvalue weighted by molar-refractivity contribution is 7.86. The summed E-state index contributed by atoms with van der Waals surface area (Å²) in [4.78, 5) is 15.3. The van der Waals surface area contributed by atoms with Crippen molar-refractivity contribution in [1.29, 1.82) is 0 Å². The molecule has 0 radical (unpaired) electrons. The molecule has 364 valence electrons. The molecule has 5 heteroatoms. The average Bonchev–Trinajstić information content (AvgIpc) is 3.54. The molecule has 11 aromatic carbocycles. The molecule has 0 saturated heterocycles. The minimum Gasteiger partial charge on any atom is -0.309 e. The number of rotatable bonds is 11. The molecular formula is C71H54N3OP. The van der Waals surface area contributed by atoms with Gasteiger partial charge in [0, 0.05) is 38.0 Å². The standard InChI is InChI=1S/C71H54N3OP/c75-76(60-24-10-3-11-25-60,61-26-12-4-13-27-61)67-64-30-16-14-28-62(64)66(63-29-15-17-31-65(63)67)54-40-44-58(45-41-54)71(48-18-5-19-49-71)59-46-42-57(43-47-59)70-73-68(55-22-8-2-9-23-55)72-69(74-70)56-38-36-53(37-39-56)52-34-32-51(33-35-52)50-20-6-1-7-21-50/h1-4,6-17,20-47H,5,18-19,48-49H2. The van der Waals surface area contributed by atoms with Gasteiger partial charge in [0.1, 0.15) is 0 Å². The number of fused-ring (bicyclic) bond motifs is 2. The van der Waals surface area contributed by atoms with Crippen molar-refractivity contribution in [3.05, 3.63) is 278 Å². The van der Waals surface area contributed by atoms with Crippen LogP contribution in [0.1, 0.15) is 43.2 Å². The molecule has 1 aromatic heterocycles. The zero-order valence-electron chi connectivity index (χ0n) is 42.1. The van der Waals surface area contributed by atoms with E-state index in [0.29, 0.717) is 17.5 Å². The van der Waals surface area contributed by atoms with E-state index in [1.807, 2.05) is 84.9 Å². The molecule has 4 nitrogen and oxygen atoms in total. The third kappa shape index (κ3) is 8.55. The van der Waals surface area contributed by atoms with E-state index in [1.165, 1.54) is 28.7 Å². The van der Waals surface area contributed by atoms with Gasteiger partial charge in [-0.05, 0) is 78.9 Å². The first kappa shape index (κ1) is 46.9. The van der Waals surface area contributed by atoms with Crippen molar-refractivity contribution in [1.82, 2.24) is 15.0 Å². The lowest BCUT2D eigenvalue weighted by molar-refractivity contribution is 0.346. The van der Waals surface area contributed by atoms with Crippen molar-refractivity contribution in [3.63, 3.8) is 0 Å². The Morgan fingerprint density at radius 1 is 0.289 bits per heavy atom. The fraction of sp³-hybridized carbons (Fsp3) is 0.0845. The van der Waals surface area contributed by atoms with Crippen LogP contribution in [0.4, 0.5) is 0 Å². The Morgan fingerprint density at radius 2 is 0.592 bits per heavy atom. The highest BCUT2D eigenvalue weighted by Crippen LogP contribution is 2.50. The predicted molar refractivity (Wildman–Crippen MR) is 317 cm³/mol. The normalized spacial score (nSPS) is 13.4. The number of nitrogens with zero attached hydrogens (tertiary/aromatic N) is 3. The van der Waals surface area contributed by atoms with Crippen LogP contribution < -0.4 is 15.9 Å². The van der Waals surface area contributed by atoms with E-state index in [0.717, 1.165) is 102 Å². The molecule has 0 N–H and O–H groups in total. The Kier molecular flexibility index (Phi) is 12.4. The summed E-state index contributed by atoms with van der Waals surface area (Å²) < 4.78 is 16.2. The van der Waals surface area contributed by atoms with Crippen LogP contribution in [0, 0.1) is 0 Å². The van der Waals surface area contributed by atoms with Crippen molar-refractivity contribution >= 4 is 44.6 Å². The van der Waals surface area contributed by atoms with Gasteiger partial charge in [-0.3, -0.25) is 0 Å². The summed E-state index contributed by atoms with van der Waals surface area (Å²) in [5.74, 6) is 1.93. The fourth-order valence-corrected chi connectivity index (χ4v) is 14.9. The molecule has 12 aromatic rings. The van der Waals surface area contributed by atoms with E-state index < -0.39 is 7.14 Å². The first-order valence-electron chi connectivity index (χ1n) is 26.5. The topological polar surface area (TPSA) is 55.7 Å². The van der Waals surface area contributed by atoms with Gasteiger partial charge in [-0.15, -0.1) is 0 Å². The lowest BCUT2D eigenvalue weighted by Gasteiger charge is -2.39. The number of hydrogen-bond acceptors (Lipinski definition) is 4. The van der Waals surface area contributed by atoms with Gasteiger partial charge in [0.15, 0.2) is 24.6 Å². The first-order chi connectivity index (χ1) is 37.5. The molecule has 0 aliphatic heterocycles. The lowest BCUT2D eigenvalue weighted by Crippen LogP contribution is -2.30. The Morgan fingerprint density at radius 3 is 1.01 bits per heavy atom. The van der Waals surface area contributed by atoms with Gasteiger partial charge in [0.2, 0.25) is 0 Å². The Balaban J connectivity index is 0.852. The van der Waals surface area contributed by atoms with Gasteiger partial charge in [0.25, 0.3) is 0 Å². The van der Waals surface area contributed by atoms with Gasteiger partial charge in [-0.1, -0.05) is 286 Å². The summed E-state index contributed by atoms with van der Waals surface area (Å²) in [6.07, 6.45) is 5.70. The molecule has 1 saturated carbocycles. The second-order valence-electron chi connectivity index (χ2n) is 20.1. The van der Waals surface area contributed by atoms with E-state index in [1.54, 1.807) is 0 Å². The summed E-state index contributed by atoms with van der Waals surface area (Å²) in [7, 11) is -3.34. The number of benzene rings is 11. The van der Waals surface area contributed by atoms with Crippen LogP contribution in [0.5, 0.6) is 0 Å². The zero-order valence-corrected chi connectivity index (χ0v) is 43.0. The van der Waals surface area contributed by atoms with Crippen LogP contribution in [0.25, 0.3) is 89.1 Å². The maximum atomic E-state index is 16.2. The van der Waals surface area contributed by atoms with Crippen molar-refractivity contribution in [2.45, 2.75) is 37.5 Å². The molecule has 0 atom stereocenters. The zero-order chi connectivity index (χ0) is 50.9. The third-order valence-electron chi connectivity index (χ3n) is 15.7. The van der Waals surface area contributed by atoms with Crippen LogP contribution in [-0.4, -0.2) is 15.0 Å².